The van der Waals surface area contributed by atoms with E-state index in [9.17, 15) is 9.59 Å². The monoisotopic (exact) mass is 339 g/mol. The number of carbonyl (C=O) groups is 1. The topological polar surface area (TPSA) is 77.1 Å². The number of carboxylic acids is 1. The van der Waals surface area contributed by atoms with Crippen LogP contribution in [0.3, 0.4) is 0 Å². The van der Waals surface area contributed by atoms with Crippen molar-refractivity contribution in [2.45, 2.75) is 26.9 Å². The predicted molar refractivity (Wildman–Crippen MR) is 77.1 cm³/mol. The lowest BCUT2D eigenvalue weighted by atomic mass is 10.2. The van der Waals surface area contributed by atoms with Crippen molar-refractivity contribution in [2.24, 2.45) is 0 Å². The van der Waals surface area contributed by atoms with Crippen LogP contribution >= 0.6 is 15.9 Å². The summed E-state index contributed by atoms with van der Waals surface area (Å²) in [5.74, 6) is -1.22. The number of aromatic nitrogens is 3. The minimum Gasteiger partial charge on any atom is -0.477 e. The SMILES string of the molecule is CCn1nc(C)c(Br)c1Cn1cccc(C(=O)O)c1=O. The van der Waals surface area contributed by atoms with E-state index in [1.807, 2.05) is 13.8 Å². The molecule has 20 heavy (non-hydrogen) atoms. The molecular weight excluding hydrogens is 326 g/mol. The zero-order chi connectivity index (χ0) is 14.9. The Kier molecular flexibility index (Phi) is 4.08. The average molecular weight is 340 g/mol. The molecule has 1 N–H and O–H groups in total. The second kappa shape index (κ2) is 5.62. The van der Waals surface area contributed by atoms with Crippen molar-refractivity contribution in [3.05, 3.63) is 50.1 Å². The molecule has 0 aliphatic heterocycles. The Hall–Kier alpha value is -1.89. The molecule has 2 heterocycles. The van der Waals surface area contributed by atoms with Gasteiger partial charge >= 0.3 is 5.97 Å². The molecule has 0 aliphatic rings. The van der Waals surface area contributed by atoms with Gasteiger partial charge in [0, 0.05) is 12.7 Å². The highest BCUT2D eigenvalue weighted by atomic mass is 79.9. The van der Waals surface area contributed by atoms with Crippen LogP contribution in [0.2, 0.25) is 0 Å². The van der Waals surface area contributed by atoms with Gasteiger partial charge in [0.1, 0.15) is 5.56 Å². The van der Waals surface area contributed by atoms with Crippen molar-refractivity contribution < 1.29 is 9.90 Å². The van der Waals surface area contributed by atoms with E-state index < -0.39 is 11.5 Å². The summed E-state index contributed by atoms with van der Waals surface area (Å²) < 4.78 is 4.00. The molecule has 0 fully saturated rings. The van der Waals surface area contributed by atoms with E-state index in [0.29, 0.717) is 6.54 Å². The minimum absolute atomic E-state index is 0.233. The Morgan fingerprint density at radius 3 is 2.80 bits per heavy atom. The van der Waals surface area contributed by atoms with Crippen LogP contribution in [0.4, 0.5) is 0 Å². The van der Waals surface area contributed by atoms with E-state index in [1.54, 1.807) is 16.9 Å². The number of carboxylic acid groups (broad SMARTS) is 1. The van der Waals surface area contributed by atoms with Crippen LogP contribution in [0, 0.1) is 6.92 Å². The van der Waals surface area contributed by atoms with E-state index in [-0.39, 0.29) is 12.1 Å². The first-order chi connectivity index (χ1) is 9.45. The molecule has 6 nitrogen and oxygen atoms in total. The molecule has 2 aromatic rings. The van der Waals surface area contributed by atoms with Crippen LogP contribution in [0.25, 0.3) is 0 Å². The molecule has 0 saturated heterocycles. The number of hydrogen-bond acceptors (Lipinski definition) is 3. The fraction of sp³-hybridized carbons (Fsp3) is 0.308. The summed E-state index contributed by atoms with van der Waals surface area (Å²) in [6.07, 6.45) is 1.57. The zero-order valence-corrected chi connectivity index (χ0v) is 12.7. The van der Waals surface area contributed by atoms with Crippen LogP contribution in [0.15, 0.2) is 27.6 Å². The van der Waals surface area contributed by atoms with Gasteiger partial charge in [0.2, 0.25) is 0 Å². The van der Waals surface area contributed by atoms with Crippen LogP contribution in [-0.4, -0.2) is 25.4 Å². The van der Waals surface area contributed by atoms with Gasteiger partial charge in [-0.3, -0.25) is 9.48 Å². The zero-order valence-electron chi connectivity index (χ0n) is 11.1. The van der Waals surface area contributed by atoms with Crippen molar-refractivity contribution in [3.8, 4) is 0 Å². The molecule has 0 amide bonds. The molecule has 0 spiro atoms. The van der Waals surface area contributed by atoms with Gasteiger partial charge in [-0.1, -0.05) is 0 Å². The molecule has 0 saturated carbocycles. The van der Waals surface area contributed by atoms with Crippen molar-refractivity contribution in [1.82, 2.24) is 14.3 Å². The molecule has 2 aromatic heterocycles. The maximum atomic E-state index is 12.1. The molecule has 7 heteroatoms. The van der Waals surface area contributed by atoms with Crippen molar-refractivity contribution in [1.29, 1.82) is 0 Å². The first kappa shape index (κ1) is 14.5. The molecular formula is C13H14BrN3O3. The molecule has 0 radical (unpaired) electrons. The van der Waals surface area contributed by atoms with Crippen molar-refractivity contribution in [2.75, 3.05) is 0 Å². The van der Waals surface area contributed by atoms with Crippen LogP contribution < -0.4 is 5.56 Å². The fourth-order valence-corrected chi connectivity index (χ4v) is 2.41. The first-order valence-electron chi connectivity index (χ1n) is 6.10. The molecule has 0 atom stereocenters. The highest BCUT2D eigenvalue weighted by Gasteiger charge is 2.15. The van der Waals surface area contributed by atoms with Gasteiger partial charge in [0.05, 0.1) is 22.4 Å². The van der Waals surface area contributed by atoms with Gasteiger partial charge in [0.25, 0.3) is 5.56 Å². The van der Waals surface area contributed by atoms with Crippen molar-refractivity contribution >= 4 is 21.9 Å². The predicted octanol–water partition coefficient (Wildman–Crippen LogP) is 1.88. The maximum absolute atomic E-state index is 12.1. The standard InChI is InChI=1S/C13H14BrN3O3/c1-3-17-10(11(14)8(2)15-17)7-16-6-4-5-9(12(16)18)13(19)20/h4-6H,3,7H2,1-2H3,(H,19,20). The third kappa shape index (κ3) is 2.53. The number of pyridine rings is 1. The van der Waals surface area contributed by atoms with Gasteiger partial charge in [-0.25, -0.2) is 4.79 Å². The fourth-order valence-electron chi connectivity index (χ4n) is 2.01. The Bertz CT molecular complexity index is 718. The normalized spacial score (nSPS) is 10.8. The Morgan fingerprint density at radius 1 is 1.50 bits per heavy atom. The lowest BCUT2D eigenvalue weighted by Gasteiger charge is -2.09. The molecule has 2 rings (SSSR count). The molecule has 106 valence electrons. The van der Waals surface area contributed by atoms with E-state index in [4.69, 9.17) is 5.11 Å². The number of nitrogens with zero attached hydrogens (tertiary/aromatic N) is 3. The number of aryl methyl sites for hydroxylation is 2. The number of aromatic carboxylic acids is 1. The van der Waals surface area contributed by atoms with Gasteiger partial charge in [-0.05, 0) is 41.9 Å². The second-order valence-electron chi connectivity index (χ2n) is 4.32. The van der Waals surface area contributed by atoms with Crippen LogP contribution in [0.1, 0.15) is 28.7 Å². The maximum Gasteiger partial charge on any atom is 0.341 e. The Morgan fingerprint density at radius 2 is 2.20 bits per heavy atom. The van der Waals surface area contributed by atoms with E-state index >= 15 is 0 Å². The summed E-state index contributed by atoms with van der Waals surface area (Å²) in [5.41, 5.74) is 0.926. The molecule has 0 bridgehead atoms. The van der Waals surface area contributed by atoms with E-state index in [2.05, 4.69) is 21.0 Å². The summed E-state index contributed by atoms with van der Waals surface area (Å²) in [7, 11) is 0. The Balaban J connectivity index is 2.48. The number of halogens is 1. The van der Waals surface area contributed by atoms with Crippen LogP contribution in [0.5, 0.6) is 0 Å². The lowest BCUT2D eigenvalue weighted by Crippen LogP contribution is -2.26. The molecule has 0 aromatic carbocycles. The quantitative estimate of drug-likeness (QED) is 0.922. The van der Waals surface area contributed by atoms with Gasteiger partial charge < -0.3 is 9.67 Å². The van der Waals surface area contributed by atoms with Gasteiger partial charge in [-0.2, -0.15) is 5.10 Å². The highest BCUT2D eigenvalue weighted by molar-refractivity contribution is 9.10. The summed E-state index contributed by atoms with van der Waals surface area (Å²) in [6.45, 7) is 4.78. The Labute approximate surface area is 123 Å². The van der Waals surface area contributed by atoms with Crippen LogP contribution in [-0.2, 0) is 13.1 Å². The van der Waals surface area contributed by atoms with Gasteiger partial charge in [0.15, 0.2) is 0 Å². The largest absolute Gasteiger partial charge is 0.477 e. The summed E-state index contributed by atoms with van der Waals surface area (Å²) >= 11 is 3.46. The summed E-state index contributed by atoms with van der Waals surface area (Å²) in [6, 6.07) is 2.86. The van der Waals surface area contributed by atoms with Gasteiger partial charge in [-0.15, -0.1) is 0 Å². The number of rotatable bonds is 4. The molecule has 0 aliphatic carbocycles. The van der Waals surface area contributed by atoms with Crippen molar-refractivity contribution in [3.63, 3.8) is 0 Å². The highest BCUT2D eigenvalue weighted by Crippen LogP contribution is 2.21. The van der Waals surface area contributed by atoms with E-state index in [1.165, 1.54) is 10.6 Å². The molecule has 0 unspecified atom stereocenters. The summed E-state index contributed by atoms with van der Waals surface area (Å²) in [5, 5.41) is 13.3. The average Bonchev–Trinajstić information content (AvgIpc) is 2.68. The van der Waals surface area contributed by atoms with E-state index in [0.717, 1.165) is 15.9 Å². The first-order valence-corrected chi connectivity index (χ1v) is 6.89. The summed E-state index contributed by atoms with van der Waals surface area (Å²) in [4.78, 5) is 23.1. The lowest BCUT2D eigenvalue weighted by molar-refractivity contribution is 0.0694. The third-order valence-electron chi connectivity index (χ3n) is 3.02. The smallest absolute Gasteiger partial charge is 0.341 e. The second-order valence-corrected chi connectivity index (χ2v) is 5.11. The minimum atomic E-state index is -1.22. The number of hydrogen-bond donors (Lipinski definition) is 1. The third-order valence-corrected chi connectivity index (χ3v) is 4.06.